The molecule has 2 aromatic heterocycles. The van der Waals surface area contributed by atoms with E-state index in [9.17, 15) is 23.3 Å². The minimum absolute atomic E-state index is 0.0417. The van der Waals surface area contributed by atoms with Crippen LogP contribution in [0.25, 0.3) is 5.82 Å². The van der Waals surface area contributed by atoms with Gasteiger partial charge >= 0.3 is 0 Å². The van der Waals surface area contributed by atoms with Crippen molar-refractivity contribution >= 4 is 27.3 Å². The minimum atomic E-state index is -4.17. The highest BCUT2D eigenvalue weighted by Crippen LogP contribution is 2.23. The lowest BCUT2D eigenvalue weighted by atomic mass is 10.1. The first-order valence-corrected chi connectivity index (χ1v) is 11.4. The Morgan fingerprint density at radius 1 is 1.09 bits per heavy atom. The summed E-state index contributed by atoms with van der Waals surface area (Å²) in [6, 6.07) is 14.3. The van der Waals surface area contributed by atoms with Gasteiger partial charge in [0.05, 0.1) is 21.1 Å². The predicted molar refractivity (Wildman–Crippen MR) is 123 cm³/mol. The monoisotopic (exact) mass is 478 g/mol. The van der Waals surface area contributed by atoms with E-state index in [0.717, 1.165) is 11.6 Å². The lowest BCUT2D eigenvalue weighted by Gasteiger charge is -2.13. The van der Waals surface area contributed by atoms with E-state index in [1.54, 1.807) is 53.8 Å². The third kappa shape index (κ3) is 5.07. The van der Waals surface area contributed by atoms with E-state index in [1.807, 2.05) is 0 Å². The summed E-state index contributed by atoms with van der Waals surface area (Å²) >= 11 is 0. The lowest BCUT2D eigenvalue weighted by Crippen LogP contribution is -2.25. The number of amides is 1. The number of para-hydroxylation sites is 1. The summed E-state index contributed by atoms with van der Waals surface area (Å²) < 4.78 is 29.6. The summed E-state index contributed by atoms with van der Waals surface area (Å²) in [6.45, 7) is 0.169. The Balaban J connectivity index is 1.48. The summed E-state index contributed by atoms with van der Waals surface area (Å²) in [6.07, 6.45) is 6.64. The van der Waals surface area contributed by atoms with Crippen LogP contribution in [0.3, 0.4) is 0 Å². The van der Waals surface area contributed by atoms with Gasteiger partial charge < -0.3 is 5.32 Å². The number of hydrogen-bond acceptors (Lipinski definition) is 7. The average Bonchev–Trinajstić information content (AvgIpc) is 3.38. The molecule has 11 nitrogen and oxygen atoms in total. The maximum Gasteiger partial charge on any atom is 0.270 e. The summed E-state index contributed by atoms with van der Waals surface area (Å²) in [5, 5.41) is 13.7. The van der Waals surface area contributed by atoms with Crippen molar-refractivity contribution in [2.24, 2.45) is 0 Å². The van der Waals surface area contributed by atoms with Crippen molar-refractivity contribution in [3.63, 3.8) is 0 Å². The van der Waals surface area contributed by atoms with Crippen LogP contribution in [0.5, 0.6) is 0 Å². The first-order chi connectivity index (χ1) is 16.3. The second kappa shape index (κ2) is 9.50. The second-order valence-corrected chi connectivity index (χ2v) is 8.77. The molecule has 1 amide bonds. The molecule has 0 aliphatic heterocycles. The van der Waals surface area contributed by atoms with Gasteiger partial charge in [-0.1, -0.05) is 24.3 Å². The SMILES string of the molecule is O=C(NCc1ccc(-n2ccnc2)nc1)c1ccccc1NS(=O)(=O)c1cccc([N+](=O)[O-])c1. The molecule has 0 aliphatic rings. The number of nitro groups is 1. The van der Waals surface area contributed by atoms with Crippen LogP contribution in [0.4, 0.5) is 11.4 Å². The number of rotatable bonds is 8. The number of pyridine rings is 1. The zero-order valence-electron chi connectivity index (χ0n) is 17.5. The molecule has 0 bridgehead atoms. The van der Waals surface area contributed by atoms with E-state index in [0.29, 0.717) is 5.82 Å². The number of benzene rings is 2. The van der Waals surface area contributed by atoms with Crippen LogP contribution in [0.15, 0.2) is 90.5 Å². The second-order valence-electron chi connectivity index (χ2n) is 7.08. The maximum absolute atomic E-state index is 12.8. The molecule has 0 spiro atoms. The molecule has 34 heavy (non-hydrogen) atoms. The molecule has 2 N–H and O–H groups in total. The van der Waals surface area contributed by atoms with Crippen LogP contribution < -0.4 is 10.0 Å². The highest BCUT2D eigenvalue weighted by Gasteiger charge is 2.20. The van der Waals surface area contributed by atoms with E-state index in [2.05, 4.69) is 20.0 Å². The molecule has 2 heterocycles. The number of imidazole rings is 1. The van der Waals surface area contributed by atoms with Gasteiger partial charge in [0.15, 0.2) is 0 Å². The first kappa shape index (κ1) is 22.6. The molecular formula is C22H18N6O5S. The van der Waals surface area contributed by atoms with E-state index >= 15 is 0 Å². The van der Waals surface area contributed by atoms with Gasteiger partial charge in [-0.2, -0.15) is 0 Å². The number of nitrogens with one attached hydrogen (secondary N) is 2. The van der Waals surface area contributed by atoms with E-state index in [4.69, 9.17) is 0 Å². The third-order valence-corrected chi connectivity index (χ3v) is 6.15. The van der Waals surface area contributed by atoms with Gasteiger partial charge in [-0.15, -0.1) is 0 Å². The van der Waals surface area contributed by atoms with Crippen molar-refractivity contribution in [1.82, 2.24) is 19.9 Å². The largest absolute Gasteiger partial charge is 0.348 e. The van der Waals surface area contributed by atoms with Crippen LogP contribution in [0.1, 0.15) is 15.9 Å². The summed E-state index contributed by atoms with van der Waals surface area (Å²) in [5.74, 6) is 0.171. The number of carbonyl (C=O) groups excluding carboxylic acids is 1. The van der Waals surface area contributed by atoms with Gasteiger partial charge in [0.25, 0.3) is 21.6 Å². The highest BCUT2D eigenvalue weighted by atomic mass is 32.2. The molecule has 12 heteroatoms. The third-order valence-electron chi connectivity index (χ3n) is 4.79. The molecule has 0 saturated heterocycles. The summed E-state index contributed by atoms with van der Waals surface area (Å²) in [7, 11) is -4.17. The number of anilines is 1. The molecule has 0 fully saturated rings. The maximum atomic E-state index is 12.8. The molecule has 0 aliphatic carbocycles. The normalized spacial score (nSPS) is 11.1. The Hall–Kier alpha value is -4.58. The Bertz CT molecular complexity index is 1440. The average molecular weight is 478 g/mol. The topological polar surface area (TPSA) is 149 Å². The number of sulfonamides is 1. The van der Waals surface area contributed by atoms with E-state index in [1.165, 1.54) is 30.3 Å². The van der Waals surface area contributed by atoms with Crippen molar-refractivity contribution in [2.45, 2.75) is 11.4 Å². The van der Waals surface area contributed by atoms with Crippen molar-refractivity contribution in [1.29, 1.82) is 0 Å². The Labute approximate surface area is 194 Å². The van der Waals surface area contributed by atoms with Gasteiger partial charge in [-0.05, 0) is 29.8 Å². The molecule has 0 saturated carbocycles. The van der Waals surface area contributed by atoms with Gasteiger partial charge in [0.2, 0.25) is 0 Å². The highest BCUT2D eigenvalue weighted by molar-refractivity contribution is 7.92. The number of non-ortho nitro benzene ring substituents is 1. The number of nitrogens with zero attached hydrogens (tertiary/aromatic N) is 4. The van der Waals surface area contributed by atoms with Gasteiger partial charge in [0.1, 0.15) is 12.1 Å². The fraction of sp³-hybridized carbons (Fsp3) is 0.0455. The number of nitro benzene ring substituents is 1. The predicted octanol–water partition coefficient (Wildman–Crippen LogP) is 2.91. The van der Waals surface area contributed by atoms with Crippen LogP contribution in [-0.4, -0.2) is 33.8 Å². The molecule has 0 atom stereocenters. The molecule has 172 valence electrons. The van der Waals surface area contributed by atoms with Crippen LogP contribution in [-0.2, 0) is 16.6 Å². The molecule has 0 radical (unpaired) electrons. The molecular weight excluding hydrogens is 460 g/mol. The smallest absolute Gasteiger partial charge is 0.270 e. The molecule has 2 aromatic carbocycles. The molecule has 4 aromatic rings. The zero-order valence-corrected chi connectivity index (χ0v) is 18.3. The van der Waals surface area contributed by atoms with Crippen molar-refractivity contribution in [3.8, 4) is 5.82 Å². The Morgan fingerprint density at radius 3 is 2.62 bits per heavy atom. The van der Waals surface area contributed by atoms with Gasteiger partial charge in [-0.25, -0.2) is 18.4 Å². The first-order valence-electron chi connectivity index (χ1n) is 9.91. The number of aromatic nitrogens is 3. The van der Waals surface area contributed by atoms with Crippen molar-refractivity contribution in [2.75, 3.05) is 4.72 Å². The van der Waals surface area contributed by atoms with Crippen molar-refractivity contribution < 1.29 is 18.1 Å². The zero-order chi connectivity index (χ0) is 24.1. The van der Waals surface area contributed by atoms with Gasteiger partial charge in [0, 0.05) is 37.3 Å². The fourth-order valence-electron chi connectivity index (χ4n) is 3.08. The lowest BCUT2D eigenvalue weighted by molar-refractivity contribution is -0.385. The minimum Gasteiger partial charge on any atom is -0.348 e. The number of hydrogen-bond donors (Lipinski definition) is 2. The quantitative estimate of drug-likeness (QED) is 0.292. The van der Waals surface area contributed by atoms with Crippen LogP contribution in [0, 0.1) is 10.1 Å². The Morgan fingerprint density at radius 2 is 1.91 bits per heavy atom. The van der Waals surface area contributed by atoms with Gasteiger partial charge in [-0.3, -0.25) is 24.2 Å². The number of carbonyl (C=O) groups is 1. The fourth-order valence-corrected chi connectivity index (χ4v) is 4.20. The van der Waals surface area contributed by atoms with E-state index in [-0.39, 0.29) is 28.4 Å². The standard InChI is InChI=1S/C22H18N6O5S/c29-22(25-14-16-8-9-21(24-13-16)27-11-10-23-15-27)19-6-1-2-7-20(19)26-34(32,33)18-5-3-4-17(12-18)28(30)31/h1-13,15,26H,14H2,(H,25,29). The van der Waals surface area contributed by atoms with Crippen LogP contribution in [0.2, 0.25) is 0 Å². The Kier molecular flexibility index (Phi) is 6.32. The van der Waals surface area contributed by atoms with E-state index < -0.39 is 20.9 Å². The molecule has 4 rings (SSSR count). The van der Waals surface area contributed by atoms with Crippen molar-refractivity contribution in [3.05, 3.63) is 107 Å². The summed E-state index contributed by atoms with van der Waals surface area (Å²) in [4.78, 5) is 31.1. The molecule has 0 unspecified atom stereocenters. The van der Waals surface area contributed by atoms with Crippen LogP contribution >= 0.6 is 0 Å². The summed E-state index contributed by atoms with van der Waals surface area (Å²) in [5.41, 5.74) is 0.521.